The lowest BCUT2D eigenvalue weighted by molar-refractivity contribution is -0.385. The number of nitrogens with zero attached hydrogens (tertiary/aromatic N) is 2. The molecule has 1 aromatic heterocycles. The molecule has 4 rings (SSSR count). The summed E-state index contributed by atoms with van der Waals surface area (Å²) in [5, 5.41) is 12.7. The first-order chi connectivity index (χ1) is 15.0. The molecule has 1 amide bonds. The Labute approximate surface area is 179 Å². The van der Waals surface area contributed by atoms with Gasteiger partial charge in [-0.3, -0.25) is 14.9 Å². The van der Waals surface area contributed by atoms with E-state index in [0.717, 1.165) is 22.0 Å². The fourth-order valence-electron chi connectivity index (χ4n) is 3.91. The van der Waals surface area contributed by atoms with Crippen molar-refractivity contribution in [2.75, 3.05) is 26.8 Å². The van der Waals surface area contributed by atoms with Gasteiger partial charge in [0.1, 0.15) is 5.56 Å². The second kappa shape index (κ2) is 8.51. The van der Waals surface area contributed by atoms with E-state index in [1.165, 1.54) is 19.2 Å². The van der Waals surface area contributed by atoms with Gasteiger partial charge in [0, 0.05) is 41.8 Å². The molecule has 8 nitrogen and oxygen atoms in total. The number of para-hydroxylation sites is 1. The molecule has 0 radical (unpaired) electrons. The zero-order valence-corrected chi connectivity index (χ0v) is 17.4. The summed E-state index contributed by atoms with van der Waals surface area (Å²) in [4.78, 5) is 29.1. The second-order valence-electron chi connectivity index (χ2n) is 7.19. The first-order valence-electron chi connectivity index (χ1n) is 10.1. The van der Waals surface area contributed by atoms with E-state index in [0.29, 0.717) is 31.9 Å². The number of hydrogen-bond donors (Lipinski definition) is 1. The van der Waals surface area contributed by atoms with E-state index in [4.69, 9.17) is 9.47 Å². The summed E-state index contributed by atoms with van der Waals surface area (Å²) in [6.45, 7) is 2.99. The molecule has 1 aliphatic heterocycles. The molecule has 2 heterocycles. The zero-order chi connectivity index (χ0) is 22.0. The minimum atomic E-state index is -0.567. The van der Waals surface area contributed by atoms with E-state index in [1.54, 1.807) is 11.8 Å². The van der Waals surface area contributed by atoms with Crippen LogP contribution in [0.4, 0.5) is 5.69 Å². The molecule has 160 valence electrons. The van der Waals surface area contributed by atoms with Gasteiger partial charge in [-0.2, -0.15) is 0 Å². The Kier molecular flexibility index (Phi) is 5.62. The molecule has 2 aromatic carbocycles. The molecule has 31 heavy (non-hydrogen) atoms. The monoisotopic (exact) mass is 421 g/mol. The Morgan fingerprint density at radius 1 is 1.26 bits per heavy atom. The van der Waals surface area contributed by atoms with Crippen molar-refractivity contribution < 1.29 is 19.2 Å². The van der Waals surface area contributed by atoms with Crippen LogP contribution in [0.2, 0.25) is 0 Å². The molecular weight excluding hydrogens is 398 g/mol. The van der Waals surface area contributed by atoms with Crippen molar-refractivity contribution in [1.29, 1.82) is 0 Å². The molecule has 0 atom stereocenters. The molecule has 0 saturated carbocycles. The number of amides is 1. The molecule has 0 saturated heterocycles. The lowest BCUT2D eigenvalue weighted by Crippen LogP contribution is -2.35. The fourth-order valence-corrected chi connectivity index (χ4v) is 3.91. The highest BCUT2D eigenvalue weighted by molar-refractivity contribution is 6.00. The highest BCUT2D eigenvalue weighted by Gasteiger charge is 2.29. The van der Waals surface area contributed by atoms with E-state index in [9.17, 15) is 14.9 Å². The number of fused-ring (bicyclic) bond motifs is 1. The van der Waals surface area contributed by atoms with Gasteiger partial charge in [0.05, 0.1) is 24.7 Å². The maximum Gasteiger partial charge on any atom is 0.286 e. The van der Waals surface area contributed by atoms with Crippen LogP contribution in [0, 0.1) is 10.1 Å². The van der Waals surface area contributed by atoms with Crippen molar-refractivity contribution >= 4 is 28.1 Å². The number of aromatic amines is 1. The van der Waals surface area contributed by atoms with Crippen LogP contribution >= 0.6 is 0 Å². The topological polar surface area (TPSA) is 97.7 Å². The minimum absolute atomic E-state index is 0.00167. The molecule has 8 heteroatoms. The third-order valence-electron chi connectivity index (χ3n) is 5.44. The van der Waals surface area contributed by atoms with Crippen LogP contribution in [0.25, 0.3) is 16.5 Å². The standard InChI is InChI=1S/C23H23N3O5/c1-3-31-22-12-17(20(26(28)29)13-21(22)30-2)23(27)25-10-8-15(9-11-25)18-14-24-19-7-5-4-6-16(18)19/h4-8,12-14,24H,3,9-11H2,1-2H3. The largest absolute Gasteiger partial charge is 0.493 e. The molecule has 0 bridgehead atoms. The Bertz CT molecular complexity index is 1180. The molecule has 0 spiro atoms. The molecule has 0 fully saturated rings. The number of rotatable bonds is 6. The molecule has 0 aliphatic carbocycles. The summed E-state index contributed by atoms with van der Waals surface area (Å²) in [6, 6.07) is 10.7. The first kappa shape index (κ1) is 20.5. The lowest BCUT2D eigenvalue weighted by Gasteiger charge is -2.26. The van der Waals surface area contributed by atoms with Crippen molar-refractivity contribution in [2.24, 2.45) is 0 Å². The Hall–Kier alpha value is -3.81. The van der Waals surface area contributed by atoms with Gasteiger partial charge >= 0.3 is 0 Å². The van der Waals surface area contributed by atoms with Gasteiger partial charge in [-0.25, -0.2) is 0 Å². The van der Waals surface area contributed by atoms with Gasteiger partial charge in [0.2, 0.25) is 0 Å². The minimum Gasteiger partial charge on any atom is -0.493 e. The smallest absolute Gasteiger partial charge is 0.286 e. The summed E-state index contributed by atoms with van der Waals surface area (Å²) in [7, 11) is 1.41. The number of hydrogen-bond acceptors (Lipinski definition) is 5. The van der Waals surface area contributed by atoms with E-state index < -0.39 is 10.8 Å². The molecule has 1 N–H and O–H groups in total. The van der Waals surface area contributed by atoms with Gasteiger partial charge in [-0.1, -0.05) is 24.3 Å². The maximum absolute atomic E-state index is 13.2. The number of H-pyrrole nitrogens is 1. The van der Waals surface area contributed by atoms with Crippen molar-refractivity contribution in [3.8, 4) is 11.5 Å². The van der Waals surface area contributed by atoms with Crippen LogP contribution < -0.4 is 9.47 Å². The van der Waals surface area contributed by atoms with Crippen LogP contribution in [0.15, 0.2) is 48.7 Å². The third kappa shape index (κ3) is 3.84. The first-order valence-corrected chi connectivity index (χ1v) is 10.1. The number of aromatic nitrogens is 1. The van der Waals surface area contributed by atoms with Crippen LogP contribution in [0.1, 0.15) is 29.3 Å². The van der Waals surface area contributed by atoms with E-state index in [2.05, 4.69) is 11.1 Å². The highest BCUT2D eigenvalue weighted by Crippen LogP contribution is 2.36. The number of ether oxygens (including phenoxy) is 2. The van der Waals surface area contributed by atoms with Gasteiger partial charge in [-0.15, -0.1) is 0 Å². The summed E-state index contributed by atoms with van der Waals surface area (Å²) >= 11 is 0. The summed E-state index contributed by atoms with van der Waals surface area (Å²) < 4.78 is 10.7. The average molecular weight is 421 g/mol. The van der Waals surface area contributed by atoms with Crippen LogP contribution in [0.3, 0.4) is 0 Å². The quantitative estimate of drug-likeness (QED) is 0.470. The highest BCUT2D eigenvalue weighted by atomic mass is 16.6. The number of nitro benzene ring substituents is 1. The van der Waals surface area contributed by atoms with E-state index in [-0.39, 0.29) is 17.0 Å². The average Bonchev–Trinajstić information content (AvgIpc) is 3.22. The van der Waals surface area contributed by atoms with E-state index >= 15 is 0 Å². The zero-order valence-electron chi connectivity index (χ0n) is 17.4. The van der Waals surface area contributed by atoms with Crippen LogP contribution in [-0.4, -0.2) is 47.5 Å². The number of methoxy groups -OCH3 is 1. The van der Waals surface area contributed by atoms with Gasteiger partial charge in [0.25, 0.3) is 11.6 Å². The maximum atomic E-state index is 13.2. The summed E-state index contributed by atoms with van der Waals surface area (Å²) in [5.74, 6) is 0.140. The Morgan fingerprint density at radius 3 is 2.74 bits per heavy atom. The number of carbonyl (C=O) groups is 1. The molecule has 3 aromatic rings. The van der Waals surface area contributed by atoms with Crippen molar-refractivity contribution in [3.63, 3.8) is 0 Å². The molecular formula is C23H23N3O5. The van der Waals surface area contributed by atoms with Crippen molar-refractivity contribution in [2.45, 2.75) is 13.3 Å². The second-order valence-corrected chi connectivity index (χ2v) is 7.19. The number of benzene rings is 2. The van der Waals surface area contributed by atoms with Crippen molar-refractivity contribution in [1.82, 2.24) is 9.88 Å². The number of nitrogens with one attached hydrogen (secondary N) is 1. The third-order valence-corrected chi connectivity index (χ3v) is 5.44. The fraction of sp³-hybridized carbons (Fsp3) is 0.261. The predicted octanol–water partition coefficient (Wildman–Crippen LogP) is 4.41. The van der Waals surface area contributed by atoms with Gasteiger partial charge in [-0.05, 0) is 25.0 Å². The number of nitro groups is 1. The molecule has 1 aliphatic rings. The normalized spacial score (nSPS) is 13.7. The Balaban J connectivity index is 1.62. The summed E-state index contributed by atoms with van der Waals surface area (Å²) in [5.41, 5.74) is 3.04. The number of carbonyl (C=O) groups excluding carboxylic acids is 1. The molecule has 0 unspecified atom stereocenters. The lowest BCUT2D eigenvalue weighted by atomic mass is 9.98. The van der Waals surface area contributed by atoms with Gasteiger partial charge in [0.15, 0.2) is 11.5 Å². The van der Waals surface area contributed by atoms with Gasteiger partial charge < -0.3 is 19.4 Å². The van der Waals surface area contributed by atoms with E-state index in [1.807, 2.05) is 30.5 Å². The predicted molar refractivity (Wildman–Crippen MR) is 118 cm³/mol. The summed E-state index contributed by atoms with van der Waals surface area (Å²) in [6.07, 6.45) is 4.66. The SMILES string of the molecule is CCOc1cc(C(=O)N2CC=C(c3c[nH]c4ccccc34)CC2)c([N+](=O)[O-])cc1OC. The van der Waals surface area contributed by atoms with Crippen LogP contribution in [0.5, 0.6) is 11.5 Å². The Morgan fingerprint density at radius 2 is 2.06 bits per heavy atom. The van der Waals surface area contributed by atoms with Crippen LogP contribution in [-0.2, 0) is 0 Å². The van der Waals surface area contributed by atoms with Crippen molar-refractivity contribution in [3.05, 3.63) is 69.9 Å².